The predicted octanol–water partition coefficient (Wildman–Crippen LogP) is 3.29. The van der Waals surface area contributed by atoms with Crippen LogP contribution in [0.3, 0.4) is 0 Å². The summed E-state index contributed by atoms with van der Waals surface area (Å²) in [6, 6.07) is 6.01. The van der Waals surface area contributed by atoms with Gasteiger partial charge < -0.3 is 20.2 Å². The van der Waals surface area contributed by atoms with Gasteiger partial charge in [-0.2, -0.15) is 0 Å². The Hall–Kier alpha value is -2.97. The molecular formula is C21H22FN3O4. The summed E-state index contributed by atoms with van der Waals surface area (Å²) >= 11 is 0. The van der Waals surface area contributed by atoms with Gasteiger partial charge in [-0.15, -0.1) is 0 Å². The maximum Gasteiger partial charge on any atom is 0.253 e. The molecule has 7 nitrogen and oxygen atoms in total. The maximum atomic E-state index is 14.6. The fourth-order valence-corrected chi connectivity index (χ4v) is 3.78. The number of anilines is 3. The second-order valence-electron chi connectivity index (χ2n) is 7.30. The third-order valence-corrected chi connectivity index (χ3v) is 5.37. The minimum atomic E-state index is -1.07. The summed E-state index contributed by atoms with van der Waals surface area (Å²) in [5.74, 6) is 0.761. The van der Waals surface area contributed by atoms with Crippen molar-refractivity contribution in [2.24, 2.45) is 0 Å². The lowest BCUT2D eigenvalue weighted by atomic mass is 10.0. The standard InChI is InChI=1S/C21H22FN3O4/c1-4-13(14-8-5-9(2)29-14)24-17-18(20(27)19(17)26)25-16-12(22)7-6-11-10(3)23-21(28)15(11)16/h5-8,10,13,21,23-25,28H,4H2,1-3H3/t10-,13-,21?/m1/s1. The van der Waals surface area contributed by atoms with Crippen LogP contribution in [0.25, 0.3) is 0 Å². The van der Waals surface area contributed by atoms with E-state index < -0.39 is 22.9 Å². The van der Waals surface area contributed by atoms with Crippen molar-refractivity contribution in [3.63, 3.8) is 0 Å². The van der Waals surface area contributed by atoms with Gasteiger partial charge in [0.1, 0.15) is 34.9 Å². The van der Waals surface area contributed by atoms with Crippen LogP contribution in [-0.2, 0) is 0 Å². The number of rotatable bonds is 6. The molecule has 4 rings (SSSR count). The fourth-order valence-electron chi connectivity index (χ4n) is 3.78. The first-order chi connectivity index (χ1) is 13.8. The van der Waals surface area contributed by atoms with Crippen molar-refractivity contribution in [1.29, 1.82) is 0 Å². The first-order valence-electron chi connectivity index (χ1n) is 9.51. The molecule has 0 radical (unpaired) electrons. The Kier molecular flexibility index (Phi) is 4.76. The minimum absolute atomic E-state index is 0.0103. The molecule has 1 unspecified atom stereocenters. The molecule has 1 aromatic heterocycles. The molecule has 2 aromatic carbocycles. The van der Waals surface area contributed by atoms with Gasteiger partial charge in [0.25, 0.3) is 10.9 Å². The normalized spacial score (nSPS) is 19.3. The Bertz CT molecular complexity index is 1150. The van der Waals surface area contributed by atoms with Gasteiger partial charge in [-0.1, -0.05) is 13.0 Å². The van der Waals surface area contributed by atoms with Crippen LogP contribution in [-0.4, -0.2) is 5.11 Å². The van der Waals surface area contributed by atoms with Gasteiger partial charge in [-0.05, 0) is 44.0 Å². The number of aryl methyl sites for hydroxylation is 1. The zero-order valence-electron chi connectivity index (χ0n) is 16.3. The zero-order valence-corrected chi connectivity index (χ0v) is 16.3. The number of nitrogens with one attached hydrogen (secondary N) is 3. The highest BCUT2D eigenvalue weighted by molar-refractivity contribution is 5.80. The van der Waals surface area contributed by atoms with Crippen LogP contribution in [0.1, 0.15) is 61.2 Å². The number of aliphatic hydroxyl groups is 1. The highest BCUT2D eigenvalue weighted by Gasteiger charge is 2.32. The van der Waals surface area contributed by atoms with Crippen molar-refractivity contribution >= 4 is 17.1 Å². The molecule has 1 aliphatic heterocycles. The average molecular weight is 399 g/mol. The lowest BCUT2D eigenvalue weighted by Gasteiger charge is -2.21. The molecule has 29 heavy (non-hydrogen) atoms. The smallest absolute Gasteiger partial charge is 0.253 e. The molecule has 0 fully saturated rings. The number of halogens is 1. The van der Waals surface area contributed by atoms with Gasteiger partial charge >= 0.3 is 0 Å². The molecule has 3 atom stereocenters. The Morgan fingerprint density at radius 2 is 1.90 bits per heavy atom. The van der Waals surface area contributed by atoms with Crippen LogP contribution >= 0.6 is 0 Å². The molecule has 4 N–H and O–H groups in total. The highest BCUT2D eigenvalue weighted by Crippen LogP contribution is 2.40. The van der Waals surface area contributed by atoms with E-state index in [1.54, 1.807) is 6.07 Å². The third kappa shape index (κ3) is 3.14. The Morgan fingerprint density at radius 1 is 1.17 bits per heavy atom. The zero-order chi connectivity index (χ0) is 20.9. The van der Waals surface area contributed by atoms with Gasteiger partial charge in [0.2, 0.25) is 0 Å². The number of aliphatic hydroxyl groups excluding tert-OH is 1. The molecule has 0 bridgehead atoms. The minimum Gasteiger partial charge on any atom is -0.464 e. The molecule has 0 aliphatic carbocycles. The summed E-state index contributed by atoms with van der Waals surface area (Å²) in [4.78, 5) is 24.4. The van der Waals surface area contributed by atoms with E-state index in [9.17, 15) is 19.1 Å². The van der Waals surface area contributed by atoms with Gasteiger partial charge in [0, 0.05) is 11.6 Å². The van der Waals surface area contributed by atoms with Crippen LogP contribution in [0.5, 0.6) is 0 Å². The highest BCUT2D eigenvalue weighted by atomic mass is 19.1. The fraction of sp³-hybridized carbons (Fsp3) is 0.333. The summed E-state index contributed by atoms with van der Waals surface area (Å²) in [5.41, 5.74) is -0.281. The summed E-state index contributed by atoms with van der Waals surface area (Å²) < 4.78 is 20.2. The van der Waals surface area contributed by atoms with E-state index in [0.29, 0.717) is 17.7 Å². The van der Waals surface area contributed by atoms with Gasteiger partial charge in [-0.25, -0.2) is 4.39 Å². The molecule has 8 heteroatoms. The van der Waals surface area contributed by atoms with Gasteiger partial charge in [0.15, 0.2) is 0 Å². The lowest BCUT2D eigenvalue weighted by Crippen LogP contribution is -2.37. The summed E-state index contributed by atoms with van der Waals surface area (Å²) in [6.45, 7) is 5.58. The number of furan rings is 1. The molecule has 0 saturated carbocycles. The lowest BCUT2D eigenvalue weighted by molar-refractivity contribution is 0.144. The largest absolute Gasteiger partial charge is 0.464 e. The molecule has 2 heterocycles. The van der Waals surface area contributed by atoms with Crippen molar-refractivity contribution in [3.8, 4) is 0 Å². The van der Waals surface area contributed by atoms with Crippen molar-refractivity contribution in [2.45, 2.75) is 45.5 Å². The number of fused-ring (bicyclic) bond motifs is 1. The molecule has 1 aliphatic rings. The van der Waals surface area contributed by atoms with Crippen molar-refractivity contribution in [1.82, 2.24) is 5.32 Å². The van der Waals surface area contributed by atoms with E-state index in [4.69, 9.17) is 4.42 Å². The van der Waals surface area contributed by atoms with Crippen LogP contribution < -0.4 is 26.8 Å². The molecule has 152 valence electrons. The van der Waals surface area contributed by atoms with Gasteiger partial charge in [-0.3, -0.25) is 14.9 Å². The molecule has 0 saturated heterocycles. The van der Waals surface area contributed by atoms with Crippen LogP contribution in [0, 0.1) is 12.7 Å². The number of benzene rings is 1. The quantitative estimate of drug-likeness (QED) is 0.472. The van der Waals surface area contributed by atoms with E-state index in [1.165, 1.54) is 6.07 Å². The Morgan fingerprint density at radius 3 is 2.55 bits per heavy atom. The van der Waals surface area contributed by atoms with Crippen molar-refractivity contribution in [3.05, 3.63) is 73.2 Å². The Balaban J connectivity index is 1.68. The topological polar surface area (TPSA) is 104 Å². The first-order valence-corrected chi connectivity index (χ1v) is 9.51. The number of hydrogen-bond donors (Lipinski definition) is 4. The van der Waals surface area contributed by atoms with E-state index >= 15 is 0 Å². The first kappa shape index (κ1) is 19.4. The predicted molar refractivity (Wildman–Crippen MR) is 108 cm³/mol. The van der Waals surface area contributed by atoms with E-state index in [0.717, 1.165) is 11.3 Å². The maximum absolute atomic E-state index is 14.6. The summed E-state index contributed by atoms with van der Waals surface area (Å²) in [7, 11) is 0. The molecule has 0 amide bonds. The summed E-state index contributed by atoms with van der Waals surface area (Å²) in [5, 5.41) is 19.0. The number of hydrogen-bond acceptors (Lipinski definition) is 7. The van der Waals surface area contributed by atoms with E-state index in [1.807, 2.05) is 32.9 Å². The second kappa shape index (κ2) is 7.13. The van der Waals surface area contributed by atoms with Crippen LogP contribution in [0.2, 0.25) is 0 Å². The second-order valence-corrected chi connectivity index (χ2v) is 7.30. The SMILES string of the molecule is CC[C@@H](Nc1c(Nc2c(F)ccc3c2C(O)N[C@@H]3C)c(=O)c1=O)c1ccc(C)o1. The molecule has 0 spiro atoms. The molecular weight excluding hydrogens is 377 g/mol. The third-order valence-electron chi connectivity index (χ3n) is 5.37. The van der Waals surface area contributed by atoms with Crippen LogP contribution in [0.4, 0.5) is 21.5 Å². The van der Waals surface area contributed by atoms with E-state index in [-0.39, 0.29) is 29.1 Å². The van der Waals surface area contributed by atoms with Crippen molar-refractivity contribution in [2.75, 3.05) is 10.6 Å². The summed E-state index contributed by atoms with van der Waals surface area (Å²) in [6.07, 6.45) is -0.462. The van der Waals surface area contributed by atoms with Crippen LogP contribution in [0.15, 0.2) is 38.3 Å². The molecule has 3 aromatic rings. The van der Waals surface area contributed by atoms with E-state index in [2.05, 4.69) is 16.0 Å². The average Bonchev–Trinajstić information content (AvgIpc) is 3.25. The van der Waals surface area contributed by atoms with Crippen molar-refractivity contribution < 1.29 is 13.9 Å². The van der Waals surface area contributed by atoms with Gasteiger partial charge in [0.05, 0.1) is 11.7 Å². The monoisotopic (exact) mass is 399 g/mol. The Labute approximate surface area is 166 Å².